The molecule has 0 aliphatic heterocycles. The zero-order chi connectivity index (χ0) is 20.6. The number of benzene rings is 3. The first-order chi connectivity index (χ1) is 14.1. The highest BCUT2D eigenvalue weighted by atomic mass is 79.9. The molecule has 0 aliphatic carbocycles. The van der Waals surface area contributed by atoms with Gasteiger partial charge in [0.1, 0.15) is 6.61 Å². The van der Waals surface area contributed by atoms with Gasteiger partial charge < -0.3 is 9.47 Å². The maximum absolute atomic E-state index is 12.2. The zero-order valence-corrected chi connectivity index (χ0v) is 18.7. The van der Waals surface area contributed by atoms with E-state index in [1.54, 1.807) is 37.6 Å². The molecule has 0 aromatic heterocycles. The topological polar surface area (TPSA) is 59.9 Å². The van der Waals surface area contributed by atoms with Crippen molar-refractivity contribution in [2.75, 3.05) is 7.11 Å². The SMILES string of the molecule is COc1cc(/C=N/NC(=O)c2ccccc2Br)ccc1OCc1ccc(Br)cc1. The van der Waals surface area contributed by atoms with Crippen LogP contribution < -0.4 is 14.9 Å². The lowest BCUT2D eigenvalue weighted by Gasteiger charge is -2.11. The maximum Gasteiger partial charge on any atom is 0.272 e. The van der Waals surface area contributed by atoms with Crippen molar-refractivity contribution in [1.82, 2.24) is 5.43 Å². The quantitative estimate of drug-likeness (QED) is 0.329. The van der Waals surface area contributed by atoms with Crippen molar-refractivity contribution < 1.29 is 14.3 Å². The average Bonchev–Trinajstić information content (AvgIpc) is 2.74. The second-order valence-electron chi connectivity index (χ2n) is 6.00. The molecule has 0 heterocycles. The highest BCUT2D eigenvalue weighted by Gasteiger charge is 2.08. The number of methoxy groups -OCH3 is 1. The lowest BCUT2D eigenvalue weighted by atomic mass is 10.2. The highest BCUT2D eigenvalue weighted by Crippen LogP contribution is 2.28. The molecule has 3 aromatic carbocycles. The third kappa shape index (κ3) is 5.92. The normalized spacial score (nSPS) is 10.7. The zero-order valence-electron chi connectivity index (χ0n) is 15.6. The summed E-state index contributed by atoms with van der Waals surface area (Å²) in [5, 5.41) is 4.02. The van der Waals surface area contributed by atoms with E-state index in [2.05, 4.69) is 42.4 Å². The average molecular weight is 518 g/mol. The largest absolute Gasteiger partial charge is 0.493 e. The molecule has 29 heavy (non-hydrogen) atoms. The fourth-order valence-corrected chi connectivity index (χ4v) is 3.23. The highest BCUT2D eigenvalue weighted by molar-refractivity contribution is 9.10. The smallest absolute Gasteiger partial charge is 0.272 e. The van der Waals surface area contributed by atoms with Gasteiger partial charge in [-0.15, -0.1) is 0 Å². The van der Waals surface area contributed by atoms with Crippen LogP contribution in [0, 0.1) is 0 Å². The Labute approximate surface area is 186 Å². The molecule has 0 atom stereocenters. The molecule has 0 radical (unpaired) electrons. The van der Waals surface area contributed by atoms with Gasteiger partial charge in [0, 0.05) is 8.95 Å². The minimum absolute atomic E-state index is 0.296. The van der Waals surface area contributed by atoms with Gasteiger partial charge in [0.2, 0.25) is 0 Å². The van der Waals surface area contributed by atoms with Crippen molar-refractivity contribution >= 4 is 44.0 Å². The Morgan fingerprint density at radius 2 is 1.79 bits per heavy atom. The molecule has 1 N–H and O–H groups in total. The molecule has 5 nitrogen and oxygen atoms in total. The molecule has 3 rings (SSSR count). The minimum atomic E-state index is -0.296. The van der Waals surface area contributed by atoms with Crippen molar-refractivity contribution in [1.29, 1.82) is 0 Å². The van der Waals surface area contributed by atoms with E-state index >= 15 is 0 Å². The third-order valence-corrected chi connectivity index (χ3v) is 5.21. The van der Waals surface area contributed by atoms with E-state index in [4.69, 9.17) is 9.47 Å². The number of halogens is 2. The van der Waals surface area contributed by atoms with Crippen molar-refractivity contribution in [2.45, 2.75) is 6.61 Å². The third-order valence-electron chi connectivity index (χ3n) is 3.99. The number of ether oxygens (including phenoxy) is 2. The first kappa shape index (κ1) is 21.1. The fourth-order valence-electron chi connectivity index (χ4n) is 2.50. The summed E-state index contributed by atoms with van der Waals surface area (Å²) >= 11 is 6.77. The van der Waals surface area contributed by atoms with Crippen molar-refractivity contribution in [3.8, 4) is 11.5 Å². The Morgan fingerprint density at radius 3 is 2.52 bits per heavy atom. The number of rotatable bonds is 7. The summed E-state index contributed by atoms with van der Waals surface area (Å²) in [5.41, 5.74) is 4.85. The Morgan fingerprint density at radius 1 is 1.03 bits per heavy atom. The summed E-state index contributed by atoms with van der Waals surface area (Å²) in [6.45, 7) is 0.430. The molecule has 148 valence electrons. The number of nitrogens with one attached hydrogen (secondary N) is 1. The fraction of sp³-hybridized carbons (Fsp3) is 0.0909. The van der Waals surface area contributed by atoms with Crippen LogP contribution in [-0.2, 0) is 6.61 Å². The number of carbonyl (C=O) groups is 1. The van der Waals surface area contributed by atoms with Crippen LogP contribution in [0.2, 0.25) is 0 Å². The summed E-state index contributed by atoms with van der Waals surface area (Å²) in [6.07, 6.45) is 1.55. The number of amides is 1. The Balaban J connectivity index is 1.63. The molecule has 0 saturated carbocycles. The minimum Gasteiger partial charge on any atom is -0.493 e. The summed E-state index contributed by atoms with van der Waals surface area (Å²) < 4.78 is 13.0. The number of nitrogens with zero attached hydrogens (tertiary/aromatic N) is 1. The Kier molecular flexibility index (Phi) is 7.43. The van der Waals surface area contributed by atoms with Gasteiger partial charge >= 0.3 is 0 Å². The first-order valence-electron chi connectivity index (χ1n) is 8.70. The van der Waals surface area contributed by atoms with Crippen LogP contribution in [0.25, 0.3) is 0 Å². The molecule has 7 heteroatoms. The van der Waals surface area contributed by atoms with E-state index in [-0.39, 0.29) is 5.91 Å². The van der Waals surface area contributed by atoms with Crippen molar-refractivity contribution in [3.63, 3.8) is 0 Å². The van der Waals surface area contributed by atoms with Crippen LogP contribution in [0.3, 0.4) is 0 Å². The molecule has 0 unspecified atom stereocenters. The molecule has 0 fully saturated rings. The van der Waals surface area contributed by atoms with Crippen LogP contribution in [-0.4, -0.2) is 19.2 Å². The van der Waals surface area contributed by atoms with Gasteiger partial charge in [-0.1, -0.05) is 40.2 Å². The Bertz CT molecular complexity index is 1020. The van der Waals surface area contributed by atoms with E-state index in [9.17, 15) is 4.79 Å². The second-order valence-corrected chi connectivity index (χ2v) is 7.77. The van der Waals surface area contributed by atoms with E-state index < -0.39 is 0 Å². The first-order valence-corrected chi connectivity index (χ1v) is 10.3. The van der Waals surface area contributed by atoms with Gasteiger partial charge in [-0.3, -0.25) is 4.79 Å². The molecular weight excluding hydrogens is 500 g/mol. The number of hydrogen-bond acceptors (Lipinski definition) is 4. The predicted molar refractivity (Wildman–Crippen MR) is 121 cm³/mol. The van der Waals surface area contributed by atoms with Crippen LogP contribution in [0.5, 0.6) is 11.5 Å². The summed E-state index contributed by atoms with van der Waals surface area (Å²) in [7, 11) is 1.58. The van der Waals surface area contributed by atoms with Gasteiger partial charge in [-0.25, -0.2) is 5.43 Å². The molecular formula is C22H18Br2N2O3. The van der Waals surface area contributed by atoms with Crippen molar-refractivity contribution in [3.05, 3.63) is 92.4 Å². The van der Waals surface area contributed by atoms with Gasteiger partial charge in [0.05, 0.1) is 18.9 Å². The molecule has 3 aromatic rings. The molecule has 0 aliphatic rings. The molecule has 0 bridgehead atoms. The van der Waals surface area contributed by atoms with Crippen LogP contribution in [0.4, 0.5) is 0 Å². The maximum atomic E-state index is 12.2. The van der Waals surface area contributed by atoms with E-state index in [1.165, 1.54) is 0 Å². The van der Waals surface area contributed by atoms with E-state index in [0.717, 1.165) is 15.6 Å². The van der Waals surface area contributed by atoms with Crippen LogP contribution in [0.1, 0.15) is 21.5 Å². The van der Waals surface area contributed by atoms with Crippen molar-refractivity contribution in [2.24, 2.45) is 5.10 Å². The lowest BCUT2D eigenvalue weighted by Crippen LogP contribution is -2.18. The molecule has 0 saturated heterocycles. The summed E-state index contributed by atoms with van der Waals surface area (Å²) in [6, 6.07) is 20.5. The van der Waals surface area contributed by atoms with E-state index in [1.807, 2.05) is 42.5 Å². The molecule has 1 amide bonds. The van der Waals surface area contributed by atoms with Crippen LogP contribution in [0.15, 0.2) is 80.8 Å². The Hall–Kier alpha value is -2.64. The number of carbonyl (C=O) groups excluding carboxylic acids is 1. The van der Waals surface area contributed by atoms with E-state index in [0.29, 0.717) is 28.1 Å². The van der Waals surface area contributed by atoms with Crippen LogP contribution >= 0.6 is 31.9 Å². The van der Waals surface area contributed by atoms with Gasteiger partial charge in [0.25, 0.3) is 5.91 Å². The van der Waals surface area contributed by atoms with Gasteiger partial charge in [0.15, 0.2) is 11.5 Å². The summed E-state index contributed by atoms with van der Waals surface area (Å²) in [4.78, 5) is 12.2. The monoisotopic (exact) mass is 516 g/mol. The van der Waals surface area contributed by atoms with Gasteiger partial charge in [-0.05, 0) is 69.5 Å². The predicted octanol–water partition coefficient (Wildman–Crippen LogP) is 5.56. The molecule has 0 spiro atoms. The lowest BCUT2D eigenvalue weighted by molar-refractivity contribution is 0.0954. The number of hydrazone groups is 1. The second kappa shape index (κ2) is 10.2. The summed E-state index contributed by atoms with van der Waals surface area (Å²) in [5.74, 6) is 0.920. The number of hydrogen-bond donors (Lipinski definition) is 1. The standard InChI is InChI=1S/C22H18Br2N2O3/c1-28-21-12-16(13-25-26-22(27)18-4-2-3-5-19(18)24)8-11-20(21)29-14-15-6-9-17(23)10-7-15/h2-13H,14H2,1H3,(H,26,27)/b25-13+. The van der Waals surface area contributed by atoms with Gasteiger partial charge in [-0.2, -0.15) is 5.10 Å².